The molecule has 1 aromatic heterocycles. The molecule has 0 bridgehead atoms. The third kappa shape index (κ3) is 5.89. The van der Waals surface area contributed by atoms with Crippen molar-refractivity contribution in [3.05, 3.63) is 63.4 Å². The first-order valence-electron chi connectivity index (χ1n) is 7.70. The molecule has 0 saturated heterocycles. The summed E-state index contributed by atoms with van der Waals surface area (Å²) in [5.74, 6) is 0.583. The second-order valence-corrected chi connectivity index (χ2v) is 6.80. The van der Waals surface area contributed by atoms with E-state index in [-0.39, 0.29) is 0 Å². The highest BCUT2D eigenvalue weighted by molar-refractivity contribution is 7.11. The van der Waals surface area contributed by atoms with Gasteiger partial charge in [-0.05, 0) is 68.2 Å². The van der Waals surface area contributed by atoms with E-state index < -0.39 is 0 Å². The maximum Gasteiger partial charge on any atom is 0.0299 e. The smallest absolute Gasteiger partial charge is 0.0299 e. The van der Waals surface area contributed by atoms with Gasteiger partial charge in [0.2, 0.25) is 0 Å². The summed E-state index contributed by atoms with van der Waals surface area (Å²) in [6, 6.07) is 4.29. The van der Waals surface area contributed by atoms with Crippen LogP contribution in [0, 0.1) is 5.92 Å². The fraction of sp³-hybridized carbons (Fsp3) is 0.400. The average Bonchev–Trinajstić information content (AvgIpc) is 2.98. The molecule has 0 amide bonds. The van der Waals surface area contributed by atoms with Crippen molar-refractivity contribution in [3.8, 4) is 0 Å². The van der Waals surface area contributed by atoms with Gasteiger partial charge < -0.3 is 0 Å². The van der Waals surface area contributed by atoms with E-state index in [0.717, 1.165) is 6.42 Å². The summed E-state index contributed by atoms with van der Waals surface area (Å²) in [4.78, 5) is 1.35. The van der Waals surface area contributed by atoms with E-state index in [9.17, 15) is 0 Å². The summed E-state index contributed by atoms with van der Waals surface area (Å²) in [6.07, 6.45) is 10.2. The molecule has 21 heavy (non-hydrogen) atoms. The van der Waals surface area contributed by atoms with Gasteiger partial charge in [-0.1, -0.05) is 49.8 Å². The Balaban J connectivity index is 3.08. The van der Waals surface area contributed by atoms with Crippen LogP contribution in [-0.4, -0.2) is 0 Å². The van der Waals surface area contributed by atoms with E-state index in [2.05, 4.69) is 83.4 Å². The zero-order chi connectivity index (χ0) is 15.8. The van der Waals surface area contributed by atoms with Crippen LogP contribution in [0.3, 0.4) is 0 Å². The molecule has 0 aliphatic rings. The Hall–Kier alpha value is -1.34. The molecule has 1 atom stereocenters. The van der Waals surface area contributed by atoms with Crippen molar-refractivity contribution in [1.29, 1.82) is 0 Å². The van der Waals surface area contributed by atoms with Gasteiger partial charge in [-0.25, -0.2) is 0 Å². The number of thiophene rings is 1. The standard InChI is InChI=1S/C20H28S/c1-7-16(4)19(17(5)11-10-15(2)3)13-12-18(6)20-9-8-14-21-20/h8-14,16H,7H2,1-6H3/b17-11+,18-12+,19-13+. The Morgan fingerprint density at radius 2 is 1.81 bits per heavy atom. The van der Waals surface area contributed by atoms with Crippen LogP contribution in [0.5, 0.6) is 0 Å². The van der Waals surface area contributed by atoms with Gasteiger partial charge in [0.1, 0.15) is 0 Å². The molecular formula is C20H28S. The van der Waals surface area contributed by atoms with Gasteiger partial charge in [-0.15, -0.1) is 11.3 Å². The predicted octanol–water partition coefficient (Wildman–Crippen LogP) is 7.04. The lowest BCUT2D eigenvalue weighted by molar-refractivity contribution is 0.662. The van der Waals surface area contributed by atoms with E-state index in [4.69, 9.17) is 0 Å². The quantitative estimate of drug-likeness (QED) is 0.494. The lowest BCUT2D eigenvalue weighted by atomic mass is 9.91. The Kier molecular flexibility index (Phi) is 7.45. The summed E-state index contributed by atoms with van der Waals surface area (Å²) in [7, 11) is 0. The largest absolute Gasteiger partial charge is 0.144 e. The Bertz CT molecular complexity index is 547. The van der Waals surface area contributed by atoms with Crippen LogP contribution in [0.1, 0.15) is 52.8 Å². The van der Waals surface area contributed by atoms with Gasteiger partial charge >= 0.3 is 0 Å². The minimum Gasteiger partial charge on any atom is -0.144 e. The number of hydrogen-bond donors (Lipinski definition) is 0. The zero-order valence-corrected chi connectivity index (χ0v) is 15.1. The molecule has 0 aliphatic heterocycles. The summed E-state index contributed by atoms with van der Waals surface area (Å²) >= 11 is 1.80. The van der Waals surface area contributed by atoms with Crippen LogP contribution in [0.15, 0.2) is 58.5 Å². The highest BCUT2D eigenvalue weighted by Gasteiger charge is 2.07. The first-order chi connectivity index (χ1) is 9.95. The maximum absolute atomic E-state index is 2.31. The van der Waals surface area contributed by atoms with Crippen LogP contribution >= 0.6 is 11.3 Å². The number of allylic oxidation sites excluding steroid dienone is 8. The normalized spacial score (nSPS) is 15.0. The van der Waals surface area contributed by atoms with Crippen molar-refractivity contribution in [3.63, 3.8) is 0 Å². The minimum absolute atomic E-state index is 0.583. The molecule has 1 unspecified atom stereocenters. The zero-order valence-electron chi connectivity index (χ0n) is 14.2. The van der Waals surface area contributed by atoms with E-state index in [1.54, 1.807) is 11.3 Å². The molecule has 0 aliphatic carbocycles. The van der Waals surface area contributed by atoms with Crippen LogP contribution in [-0.2, 0) is 0 Å². The number of hydrogen-bond acceptors (Lipinski definition) is 1. The lowest BCUT2D eigenvalue weighted by Gasteiger charge is -2.14. The minimum atomic E-state index is 0.583. The second kappa shape index (κ2) is 8.84. The van der Waals surface area contributed by atoms with Gasteiger partial charge in [0.05, 0.1) is 0 Å². The molecule has 1 heteroatoms. The fourth-order valence-corrected chi connectivity index (χ4v) is 2.81. The van der Waals surface area contributed by atoms with Gasteiger partial charge in [0.25, 0.3) is 0 Å². The summed E-state index contributed by atoms with van der Waals surface area (Å²) in [5, 5.41) is 2.13. The third-order valence-corrected chi connectivity index (χ3v) is 4.69. The van der Waals surface area contributed by atoms with Crippen LogP contribution in [0.4, 0.5) is 0 Å². The summed E-state index contributed by atoms with van der Waals surface area (Å²) < 4.78 is 0. The highest BCUT2D eigenvalue weighted by Crippen LogP contribution is 2.25. The molecule has 0 saturated carbocycles. The van der Waals surface area contributed by atoms with Gasteiger partial charge in [-0.3, -0.25) is 0 Å². The molecule has 0 nitrogen and oxygen atoms in total. The maximum atomic E-state index is 2.31. The topological polar surface area (TPSA) is 0 Å². The van der Waals surface area contributed by atoms with Gasteiger partial charge in [0, 0.05) is 4.88 Å². The Labute approximate surface area is 134 Å². The van der Waals surface area contributed by atoms with E-state index in [1.165, 1.54) is 27.2 Å². The van der Waals surface area contributed by atoms with Crippen molar-refractivity contribution in [2.75, 3.05) is 0 Å². The highest BCUT2D eigenvalue weighted by atomic mass is 32.1. The van der Waals surface area contributed by atoms with Crippen molar-refractivity contribution in [2.24, 2.45) is 5.92 Å². The fourth-order valence-electron chi connectivity index (χ4n) is 2.09. The van der Waals surface area contributed by atoms with Crippen molar-refractivity contribution in [2.45, 2.75) is 48.0 Å². The van der Waals surface area contributed by atoms with Gasteiger partial charge in [-0.2, -0.15) is 0 Å². The molecule has 1 aromatic rings. The SMILES string of the molecule is CCC(C)C(=C\C=C(/C)c1cccs1)/C(C)=C/C=C(C)C. The third-order valence-electron chi connectivity index (χ3n) is 3.69. The first-order valence-corrected chi connectivity index (χ1v) is 8.58. The lowest BCUT2D eigenvalue weighted by Crippen LogP contribution is -1.99. The van der Waals surface area contributed by atoms with Gasteiger partial charge in [0.15, 0.2) is 0 Å². The van der Waals surface area contributed by atoms with Crippen molar-refractivity contribution < 1.29 is 0 Å². The van der Waals surface area contributed by atoms with Crippen LogP contribution < -0.4 is 0 Å². The van der Waals surface area contributed by atoms with E-state index >= 15 is 0 Å². The Morgan fingerprint density at radius 3 is 2.33 bits per heavy atom. The molecule has 1 heterocycles. The monoisotopic (exact) mass is 300 g/mol. The molecule has 0 N–H and O–H groups in total. The second-order valence-electron chi connectivity index (χ2n) is 5.85. The average molecular weight is 301 g/mol. The van der Waals surface area contributed by atoms with E-state index in [0.29, 0.717) is 5.92 Å². The molecule has 114 valence electrons. The summed E-state index contributed by atoms with van der Waals surface area (Å²) in [6.45, 7) is 13.2. The predicted molar refractivity (Wildman–Crippen MR) is 98.7 cm³/mol. The number of rotatable bonds is 6. The summed E-state index contributed by atoms with van der Waals surface area (Å²) in [5.41, 5.74) is 5.47. The van der Waals surface area contributed by atoms with Crippen molar-refractivity contribution in [1.82, 2.24) is 0 Å². The van der Waals surface area contributed by atoms with Crippen molar-refractivity contribution >= 4 is 16.9 Å². The molecule has 0 spiro atoms. The molecule has 1 rings (SSSR count). The van der Waals surface area contributed by atoms with Crippen LogP contribution in [0.25, 0.3) is 5.57 Å². The van der Waals surface area contributed by atoms with E-state index in [1.807, 2.05) is 0 Å². The molecule has 0 fully saturated rings. The molecule has 0 radical (unpaired) electrons. The molecule has 0 aromatic carbocycles. The molecular weight excluding hydrogens is 272 g/mol. The van der Waals surface area contributed by atoms with Crippen LogP contribution in [0.2, 0.25) is 0 Å². The first kappa shape index (κ1) is 17.7. The Morgan fingerprint density at radius 1 is 1.10 bits per heavy atom.